The van der Waals surface area contributed by atoms with E-state index in [0.29, 0.717) is 17.5 Å². The van der Waals surface area contributed by atoms with Gasteiger partial charge in [-0.05, 0) is 83.7 Å². The smallest absolute Gasteiger partial charge is 0.408 e. The van der Waals surface area contributed by atoms with Crippen LogP contribution in [0, 0.1) is 6.92 Å². The van der Waals surface area contributed by atoms with E-state index in [1.54, 1.807) is 60.6 Å². The molecule has 0 heterocycles. The van der Waals surface area contributed by atoms with Gasteiger partial charge in [0.25, 0.3) is 0 Å². The molecule has 2 aromatic rings. The lowest BCUT2D eigenvalue weighted by molar-refractivity contribution is -0.159. The number of rotatable bonds is 14. The van der Waals surface area contributed by atoms with E-state index in [-0.39, 0.29) is 18.7 Å². The van der Waals surface area contributed by atoms with Crippen molar-refractivity contribution in [2.24, 2.45) is 0 Å². The van der Waals surface area contributed by atoms with Crippen molar-refractivity contribution in [3.8, 4) is 5.75 Å². The Hall–Kier alpha value is -4.08. The number of carbonyl (C=O) groups excluding carboxylic acids is 4. The number of nitrogens with zero attached hydrogens (tertiary/aromatic N) is 1. The van der Waals surface area contributed by atoms with Crippen molar-refractivity contribution in [3.63, 3.8) is 0 Å². The Balaban J connectivity index is 2.51. The molecule has 3 N–H and O–H groups in total. The summed E-state index contributed by atoms with van der Waals surface area (Å²) in [5.74, 6) is -1.65. The normalized spacial score (nSPS) is 12.9. The van der Waals surface area contributed by atoms with Gasteiger partial charge in [0.05, 0.1) is 0 Å². The van der Waals surface area contributed by atoms with E-state index < -0.39 is 53.7 Å². The van der Waals surface area contributed by atoms with Crippen LogP contribution < -0.4 is 10.6 Å². The van der Waals surface area contributed by atoms with Crippen LogP contribution in [-0.4, -0.2) is 64.2 Å². The third-order valence-electron chi connectivity index (χ3n) is 6.74. The first-order chi connectivity index (χ1) is 21.0. The summed E-state index contributed by atoms with van der Waals surface area (Å²) >= 11 is 0. The first-order valence-electron chi connectivity index (χ1n) is 15.6. The van der Waals surface area contributed by atoms with Gasteiger partial charge in [-0.2, -0.15) is 0 Å². The molecule has 0 aliphatic rings. The molecule has 10 heteroatoms. The predicted molar refractivity (Wildman–Crippen MR) is 174 cm³/mol. The third-order valence-corrected chi connectivity index (χ3v) is 6.74. The first kappa shape index (κ1) is 37.1. The van der Waals surface area contributed by atoms with E-state index in [0.717, 1.165) is 24.8 Å². The van der Waals surface area contributed by atoms with Crippen LogP contribution in [0.2, 0.25) is 0 Å². The molecule has 0 fully saturated rings. The molecular formula is C35H51N3O7. The number of alkyl carbamates (subject to hydrolysis) is 1. The van der Waals surface area contributed by atoms with Crippen LogP contribution in [0.1, 0.15) is 96.9 Å². The Labute approximate surface area is 267 Å². The summed E-state index contributed by atoms with van der Waals surface area (Å²) in [5, 5.41) is 15.6. The van der Waals surface area contributed by atoms with Gasteiger partial charge in [0.1, 0.15) is 35.6 Å². The van der Waals surface area contributed by atoms with Crippen LogP contribution in [0.25, 0.3) is 0 Å². The molecular weight excluding hydrogens is 574 g/mol. The van der Waals surface area contributed by atoms with Gasteiger partial charge in [-0.3, -0.25) is 9.59 Å². The molecule has 2 aromatic carbocycles. The average molecular weight is 626 g/mol. The number of ether oxygens (including phenoxy) is 2. The molecule has 0 aliphatic carbocycles. The van der Waals surface area contributed by atoms with Crippen molar-refractivity contribution >= 4 is 23.9 Å². The van der Waals surface area contributed by atoms with E-state index in [1.807, 2.05) is 30.3 Å². The Bertz CT molecular complexity index is 1280. The monoisotopic (exact) mass is 625 g/mol. The number of aryl methyl sites for hydroxylation is 1. The van der Waals surface area contributed by atoms with E-state index in [9.17, 15) is 24.3 Å². The van der Waals surface area contributed by atoms with Crippen LogP contribution in [0.15, 0.2) is 48.5 Å². The van der Waals surface area contributed by atoms with Gasteiger partial charge < -0.3 is 30.1 Å². The Morgan fingerprint density at radius 3 is 2.11 bits per heavy atom. The number of hydrogen-bond acceptors (Lipinski definition) is 7. The molecule has 2 atom stereocenters. The fourth-order valence-electron chi connectivity index (χ4n) is 4.66. The summed E-state index contributed by atoms with van der Waals surface area (Å²) in [6.07, 6.45) is 2.80. The maximum atomic E-state index is 14.3. The second-order valence-corrected chi connectivity index (χ2v) is 13.2. The fourth-order valence-corrected chi connectivity index (χ4v) is 4.66. The Morgan fingerprint density at radius 1 is 0.889 bits per heavy atom. The third kappa shape index (κ3) is 13.2. The zero-order valence-electron chi connectivity index (χ0n) is 28.1. The van der Waals surface area contributed by atoms with Crippen molar-refractivity contribution in [1.82, 2.24) is 15.5 Å². The number of benzene rings is 2. The number of phenols is 1. The molecule has 3 amide bonds. The van der Waals surface area contributed by atoms with Crippen LogP contribution >= 0.6 is 0 Å². The van der Waals surface area contributed by atoms with Crippen molar-refractivity contribution in [2.75, 3.05) is 13.1 Å². The molecule has 0 bridgehead atoms. The first-order valence-corrected chi connectivity index (χ1v) is 15.6. The molecule has 2 unspecified atom stereocenters. The topological polar surface area (TPSA) is 134 Å². The van der Waals surface area contributed by atoms with Gasteiger partial charge in [0.2, 0.25) is 11.8 Å². The molecule has 0 saturated heterocycles. The summed E-state index contributed by atoms with van der Waals surface area (Å²) in [7, 11) is 0. The number of aromatic hydroxyl groups is 1. The van der Waals surface area contributed by atoms with Gasteiger partial charge in [-0.15, -0.1) is 0 Å². The van der Waals surface area contributed by atoms with Gasteiger partial charge in [-0.25, -0.2) is 9.59 Å². The number of hydrogen-bond donors (Lipinski definition) is 3. The van der Waals surface area contributed by atoms with E-state index in [4.69, 9.17) is 9.47 Å². The van der Waals surface area contributed by atoms with Crippen molar-refractivity contribution < 1.29 is 33.8 Å². The van der Waals surface area contributed by atoms with Crippen molar-refractivity contribution in [2.45, 2.75) is 111 Å². The highest BCUT2D eigenvalue weighted by molar-refractivity contribution is 5.93. The number of phenolic OH excluding ortho intramolecular Hbond substituents is 1. The minimum absolute atomic E-state index is 0.0426. The van der Waals surface area contributed by atoms with Gasteiger partial charge in [-0.1, -0.05) is 62.6 Å². The Kier molecular flexibility index (Phi) is 13.9. The highest BCUT2D eigenvalue weighted by Gasteiger charge is 2.35. The molecule has 45 heavy (non-hydrogen) atoms. The number of unbranched alkanes of at least 4 members (excludes halogenated alkanes) is 3. The molecule has 0 spiro atoms. The summed E-state index contributed by atoms with van der Waals surface area (Å²) in [6, 6.07) is 11.8. The van der Waals surface area contributed by atoms with Gasteiger partial charge in [0.15, 0.2) is 0 Å². The lowest BCUT2D eigenvalue weighted by atomic mass is 9.99. The van der Waals surface area contributed by atoms with Gasteiger partial charge >= 0.3 is 12.1 Å². The van der Waals surface area contributed by atoms with Crippen LogP contribution in [0.4, 0.5) is 4.79 Å². The molecule has 248 valence electrons. The highest BCUT2D eigenvalue weighted by atomic mass is 16.6. The molecule has 10 nitrogen and oxygen atoms in total. The van der Waals surface area contributed by atoms with Crippen molar-refractivity contribution in [3.05, 3.63) is 65.2 Å². The van der Waals surface area contributed by atoms with Crippen molar-refractivity contribution in [1.29, 1.82) is 0 Å². The number of nitrogens with one attached hydrogen (secondary N) is 2. The number of esters is 1. The second-order valence-electron chi connectivity index (χ2n) is 13.2. The maximum Gasteiger partial charge on any atom is 0.408 e. The lowest BCUT2D eigenvalue weighted by Gasteiger charge is -2.33. The minimum Gasteiger partial charge on any atom is -0.508 e. The summed E-state index contributed by atoms with van der Waals surface area (Å²) < 4.78 is 11.0. The van der Waals surface area contributed by atoms with E-state index in [1.165, 1.54) is 11.0 Å². The maximum absolute atomic E-state index is 14.3. The van der Waals surface area contributed by atoms with Gasteiger partial charge in [0, 0.05) is 13.0 Å². The average Bonchev–Trinajstić information content (AvgIpc) is 2.93. The molecule has 2 rings (SSSR count). The minimum atomic E-state index is -1.17. The highest BCUT2D eigenvalue weighted by Crippen LogP contribution is 2.27. The largest absolute Gasteiger partial charge is 0.508 e. The number of amides is 3. The molecule has 0 aromatic heterocycles. The van der Waals surface area contributed by atoms with Crippen LogP contribution in [0.5, 0.6) is 5.75 Å². The lowest BCUT2D eigenvalue weighted by Crippen LogP contribution is -2.52. The quantitative estimate of drug-likeness (QED) is 0.180. The molecule has 0 aliphatic heterocycles. The van der Waals surface area contributed by atoms with Crippen LogP contribution in [-0.2, 0) is 30.3 Å². The summed E-state index contributed by atoms with van der Waals surface area (Å²) in [6.45, 7) is 14.0. The zero-order chi connectivity index (χ0) is 33.8. The van der Waals surface area contributed by atoms with Crippen LogP contribution in [0.3, 0.4) is 0 Å². The SMILES string of the molecule is CCCCCCN(C(=O)CNC(=O)OC(C)(C)C)C(C(=O)NC(Cc1ccccc1)C(=O)OC(C)(C)C)c1ccc(O)c(C)c1. The summed E-state index contributed by atoms with van der Waals surface area (Å²) in [5.41, 5.74) is 0.238. The molecule has 0 radical (unpaired) electrons. The van der Waals surface area contributed by atoms with E-state index in [2.05, 4.69) is 17.6 Å². The zero-order valence-corrected chi connectivity index (χ0v) is 28.1. The second kappa shape index (κ2) is 16.8. The number of carbonyl (C=O) groups is 4. The fraction of sp³-hybridized carbons (Fsp3) is 0.543. The standard InChI is InChI=1S/C35H51N3O7/c1-9-10-11-15-20-38(29(40)23-36-33(43)45-35(6,7)8)30(26-18-19-28(39)24(2)21-26)31(41)37-27(32(42)44-34(3,4)5)22-25-16-13-12-14-17-25/h12-14,16-19,21,27,30,39H,9-11,15,20,22-23H2,1-8H3,(H,36,43)(H,37,41). The van der Waals surface area contributed by atoms with E-state index >= 15 is 0 Å². The summed E-state index contributed by atoms with van der Waals surface area (Å²) in [4.78, 5) is 55.3. The predicted octanol–water partition coefficient (Wildman–Crippen LogP) is 5.74. The Morgan fingerprint density at radius 2 is 1.53 bits per heavy atom. The molecule has 0 saturated carbocycles.